The van der Waals surface area contributed by atoms with Crippen LogP contribution in [0.2, 0.25) is 0 Å². The van der Waals surface area contributed by atoms with Crippen molar-refractivity contribution in [3.05, 3.63) is 74.7 Å². The Morgan fingerprint density at radius 1 is 1.16 bits per heavy atom. The molecule has 0 aliphatic carbocycles. The lowest BCUT2D eigenvalue weighted by Gasteiger charge is -2.09. The number of nitrogens with zero attached hydrogens (tertiary/aromatic N) is 3. The Morgan fingerprint density at radius 2 is 1.84 bits per heavy atom. The zero-order chi connectivity index (χ0) is 13.8. The summed E-state index contributed by atoms with van der Waals surface area (Å²) >= 11 is 0. The van der Waals surface area contributed by atoms with Gasteiger partial charge in [0.15, 0.2) is 4.98 Å². The van der Waals surface area contributed by atoms with E-state index >= 15 is 0 Å². The molecule has 0 heterocycles. The molecule has 5 heteroatoms. The largest absolute Gasteiger partial charge is 0.464 e. The van der Waals surface area contributed by atoms with E-state index in [4.69, 9.17) is 5.39 Å². The van der Waals surface area contributed by atoms with Crippen molar-refractivity contribution in [1.82, 2.24) is 0 Å². The van der Waals surface area contributed by atoms with Crippen molar-refractivity contribution in [2.75, 3.05) is 0 Å². The summed E-state index contributed by atoms with van der Waals surface area (Å²) in [5.74, 6) is -0.0907. The molecule has 0 spiro atoms. The SMILES string of the molecule is CC(c1ccccc1)c1cccc([N+](=O)[O-])c1[N+]#N. The first-order valence-electron chi connectivity index (χ1n) is 5.82. The summed E-state index contributed by atoms with van der Waals surface area (Å²) < 4.78 is 0. The third kappa shape index (κ3) is 2.43. The van der Waals surface area contributed by atoms with Gasteiger partial charge >= 0.3 is 11.4 Å². The molecule has 19 heavy (non-hydrogen) atoms. The van der Waals surface area contributed by atoms with E-state index in [1.165, 1.54) is 6.07 Å². The molecular formula is C14H12N3O2+. The number of benzene rings is 2. The van der Waals surface area contributed by atoms with Gasteiger partial charge in [0.1, 0.15) is 0 Å². The molecule has 0 aliphatic heterocycles. The molecule has 0 aliphatic rings. The zero-order valence-electron chi connectivity index (χ0n) is 10.4. The number of hydrogen-bond acceptors (Lipinski definition) is 3. The Bertz CT molecular complexity index is 647. The van der Waals surface area contributed by atoms with E-state index in [9.17, 15) is 10.1 Å². The van der Waals surface area contributed by atoms with Crippen molar-refractivity contribution in [2.24, 2.45) is 0 Å². The minimum absolute atomic E-state index is 0.0175. The second-order valence-corrected chi connectivity index (χ2v) is 4.20. The molecule has 0 bridgehead atoms. The molecule has 0 N–H and O–H groups in total. The summed E-state index contributed by atoms with van der Waals surface area (Å²) in [7, 11) is 0. The van der Waals surface area contributed by atoms with Gasteiger partial charge in [0.2, 0.25) is 5.39 Å². The van der Waals surface area contributed by atoms with E-state index in [1.807, 2.05) is 37.3 Å². The molecule has 2 rings (SSSR count). The number of rotatable bonds is 3. The number of nitro benzene ring substituents is 1. The van der Waals surface area contributed by atoms with Gasteiger partial charge in [-0.25, -0.2) is 0 Å². The molecule has 2 aromatic rings. The van der Waals surface area contributed by atoms with Crippen LogP contribution in [0.4, 0.5) is 11.4 Å². The van der Waals surface area contributed by atoms with Crippen LogP contribution in [-0.4, -0.2) is 4.92 Å². The van der Waals surface area contributed by atoms with Crippen LogP contribution in [0.3, 0.4) is 0 Å². The van der Waals surface area contributed by atoms with Gasteiger partial charge in [-0.2, -0.15) is 0 Å². The van der Waals surface area contributed by atoms with Gasteiger partial charge in [-0.1, -0.05) is 43.3 Å². The number of hydrogen-bond donors (Lipinski definition) is 0. The third-order valence-corrected chi connectivity index (χ3v) is 3.11. The average Bonchev–Trinajstić information content (AvgIpc) is 2.46. The molecular weight excluding hydrogens is 242 g/mol. The first kappa shape index (κ1) is 12.7. The monoisotopic (exact) mass is 254 g/mol. The topological polar surface area (TPSA) is 71.3 Å². The van der Waals surface area contributed by atoms with Crippen LogP contribution >= 0.6 is 0 Å². The fraction of sp³-hybridized carbons (Fsp3) is 0.143. The highest BCUT2D eigenvalue weighted by Gasteiger charge is 2.31. The van der Waals surface area contributed by atoms with Crippen molar-refractivity contribution in [1.29, 1.82) is 5.39 Å². The molecule has 5 nitrogen and oxygen atoms in total. The maximum Gasteiger partial charge on any atom is 0.464 e. The van der Waals surface area contributed by atoms with Gasteiger partial charge in [0, 0.05) is 12.0 Å². The predicted molar refractivity (Wildman–Crippen MR) is 71.8 cm³/mol. The number of diazo groups is 1. The highest BCUT2D eigenvalue weighted by Crippen LogP contribution is 2.38. The Kier molecular flexibility index (Phi) is 3.53. The standard InChI is InChI=1S/C14H12N3O2/c1-10(11-6-3-2-4-7-11)12-8-5-9-13(17(18)19)14(12)16-15/h2-10H,1H3/q+1. The summed E-state index contributed by atoms with van der Waals surface area (Å²) in [5.41, 5.74) is 1.46. The molecule has 1 atom stereocenters. The molecule has 2 aromatic carbocycles. The molecule has 0 amide bonds. The fourth-order valence-corrected chi connectivity index (χ4v) is 2.08. The Balaban J connectivity index is 2.55. The second kappa shape index (κ2) is 5.27. The smallest absolute Gasteiger partial charge is 0.258 e. The summed E-state index contributed by atoms with van der Waals surface area (Å²) in [6.07, 6.45) is 0. The van der Waals surface area contributed by atoms with Gasteiger partial charge in [-0.3, -0.25) is 10.1 Å². The van der Waals surface area contributed by atoms with E-state index in [0.717, 1.165) is 5.56 Å². The molecule has 0 fully saturated rings. The molecule has 0 aromatic heterocycles. The zero-order valence-corrected chi connectivity index (χ0v) is 10.4. The van der Waals surface area contributed by atoms with E-state index in [0.29, 0.717) is 5.56 Å². The lowest BCUT2D eigenvalue weighted by atomic mass is 9.91. The van der Waals surface area contributed by atoms with E-state index in [1.54, 1.807) is 12.1 Å². The quantitative estimate of drug-likeness (QED) is 0.467. The highest BCUT2D eigenvalue weighted by atomic mass is 16.6. The van der Waals surface area contributed by atoms with Gasteiger partial charge in [0.05, 0.1) is 10.5 Å². The van der Waals surface area contributed by atoms with Crippen molar-refractivity contribution in [3.8, 4) is 0 Å². The first-order valence-corrected chi connectivity index (χ1v) is 5.82. The summed E-state index contributed by atoms with van der Waals surface area (Å²) in [6, 6.07) is 14.2. The Labute approximate surface area is 110 Å². The second-order valence-electron chi connectivity index (χ2n) is 4.20. The Morgan fingerprint density at radius 3 is 2.42 bits per heavy atom. The van der Waals surface area contributed by atoms with Crippen LogP contribution in [0.1, 0.15) is 24.0 Å². The summed E-state index contributed by atoms with van der Waals surface area (Å²) in [6.45, 7) is 1.92. The van der Waals surface area contributed by atoms with Crippen molar-refractivity contribution < 1.29 is 4.92 Å². The maximum atomic E-state index is 10.9. The number of nitro groups is 1. The molecule has 0 saturated heterocycles. The summed E-state index contributed by atoms with van der Waals surface area (Å²) in [4.78, 5) is 13.5. The van der Waals surface area contributed by atoms with Gasteiger partial charge in [-0.05, 0) is 11.6 Å². The molecule has 94 valence electrons. The van der Waals surface area contributed by atoms with Crippen LogP contribution in [0, 0.1) is 15.5 Å². The third-order valence-electron chi connectivity index (χ3n) is 3.11. The van der Waals surface area contributed by atoms with E-state index < -0.39 is 4.92 Å². The maximum absolute atomic E-state index is 10.9. The van der Waals surface area contributed by atoms with Crippen LogP contribution in [0.15, 0.2) is 48.5 Å². The predicted octanol–water partition coefficient (Wildman–Crippen LogP) is 4.23. The van der Waals surface area contributed by atoms with Crippen molar-refractivity contribution in [2.45, 2.75) is 12.8 Å². The normalized spacial score (nSPS) is 11.6. The van der Waals surface area contributed by atoms with Gasteiger partial charge in [0.25, 0.3) is 0 Å². The van der Waals surface area contributed by atoms with Crippen molar-refractivity contribution in [3.63, 3.8) is 0 Å². The van der Waals surface area contributed by atoms with Crippen LogP contribution in [0.25, 0.3) is 4.98 Å². The van der Waals surface area contributed by atoms with Gasteiger partial charge < -0.3 is 0 Å². The lowest BCUT2D eigenvalue weighted by Crippen LogP contribution is -1.98. The molecule has 0 saturated carbocycles. The minimum Gasteiger partial charge on any atom is -0.258 e. The Hall–Kier alpha value is -2.74. The van der Waals surface area contributed by atoms with Crippen LogP contribution < -0.4 is 0 Å². The van der Waals surface area contributed by atoms with Crippen LogP contribution in [0.5, 0.6) is 0 Å². The fourth-order valence-electron chi connectivity index (χ4n) is 2.08. The highest BCUT2D eigenvalue weighted by molar-refractivity contribution is 5.68. The van der Waals surface area contributed by atoms with E-state index in [-0.39, 0.29) is 17.3 Å². The summed E-state index contributed by atoms with van der Waals surface area (Å²) in [5, 5.41) is 20.0. The van der Waals surface area contributed by atoms with E-state index in [2.05, 4.69) is 4.98 Å². The lowest BCUT2D eigenvalue weighted by molar-refractivity contribution is -0.383. The molecule has 1 unspecified atom stereocenters. The average molecular weight is 254 g/mol. The van der Waals surface area contributed by atoms with Crippen LogP contribution in [-0.2, 0) is 0 Å². The molecule has 0 radical (unpaired) electrons. The minimum atomic E-state index is -0.545. The van der Waals surface area contributed by atoms with Gasteiger partial charge in [-0.15, -0.1) is 0 Å². The van der Waals surface area contributed by atoms with Crippen molar-refractivity contribution >= 4 is 11.4 Å². The first-order chi connectivity index (χ1) is 9.15.